The molecule has 1 amide bonds. The van der Waals surface area contributed by atoms with Crippen LogP contribution in [0.15, 0.2) is 0 Å². The molecular weight excluding hydrogens is 364 g/mol. The molecule has 0 aliphatic carbocycles. The number of aromatic nitrogens is 3. The molecule has 2 rings (SSSR count). The van der Waals surface area contributed by atoms with Crippen LogP contribution in [0.5, 0.6) is 0 Å². The molecule has 2 heterocycles. The Morgan fingerprint density at radius 3 is 2.36 bits per heavy atom. The zero-order chi connectivity index (χ0) is 21.2. The van der Waals surface area contributed by atoms with Crippen molar-refractivity contribution in [3.63, 3.8) is 0 Å². The van der Waals surface area contributed by atoms with Crippen LogP contribution in [0.4, 0.5) is 5.69 Å². The third-order valence-corrected chi connectivity index (χ3v) is 4.53. The molecule has 9 nitrogen and oxygen atoms in total. The Balaban J connectivity index is 2.14. The van der Waals surface area contributed by atoms with Crippen molar-refractivity contribution in [1.82, 2.24) is 14.8 Å². The van der Waals surface area contributed by atoms with Crippen LogP contribution >= 0.6 is 0 Å². The molecule has 0 saturated carbocycles. The third-order valence-electron chi connectivity index (χ3n) is 4.53. The van der Waals surface area contributed by atoms with Crippen LogP contribution in [0.1, 0.15) is 57.3 Å². The lowest BCUT2D eigenvalue weighted by Gasteiger charge is -2.14. The lowest BCUT2D eigenvalue weighted by molar-refractivity contribution is -0.123. The van der Waals surface area contributed by atoms with Crippen molar-refractivity contribution in [3.8, 4) is 0 Å². The van der Waals surface area contributed by atoms with Crippen molar-refractivity contribution < 1.29 is 23.9 Å². The maximum atomic E-state index is 12.6. The minimum absolute atomic E-state index is 0.199. The zero-order valence-corrected chi connectivity index (χ0v) is 17.2. The van der Waals surface area contributed by atoms with Crippen LogP contribution < -0.4 is 5.32 Å². The Morgan fingerprint density at radius 1 is 1.18 bits per heavy atom. The van der Waals surface area contributed by atoms with Gasteiger partial charge >= 0.3 is 11.9 Å². The van der Waals surface area contributed by atoms with Crippen molar-refractivity contribution in [2.45, 2.75) is 47.6 Å². The van der Waals surface area contributed by atoms with Gasteiger partial charge in [0.2, 0.25) is 0 Å². The van der Waals surface area contributed by atoms with Gasteiger partial charge in [-0.2, -0.15) is 5.10 Å². The number of rotatable bonds is 6. The first-order valence-electron chi connectivity index (χ1n) is 8.96. The smallest absolute Gasteiger partial charge is 0.355 e. The van der Waals surface area contributed by atoms with E-state index in [4.69, 9.17) is 9.47 Å². The van der Waals surface area contributed by atoms with Crippen molar-refractivity contribution in [2.24, 2.45) is 7.05 Å². The molecule has 152 valence electrons. The minimum atomic E-state index is -1.04. The number of hydrogen-bond donors (Lipinski definition) is 2. The summed E-state index contributed by atoms with van der Waals surface area (Å²) >= 11 is 0. The lowest BCUT2D eigenvalue weighted by Crippen LogP contribution is -2.30. The van der Waals surface area contributed by atoms with Gasteiger partial charge in [-0.05, 0) is 47.1 Å². The van der Waals surface area contributed by atoms with Crippen LogP contribution in [0.25, 0.3) is 0 Å². The van der Waals surface area contributed by atoms with E-state index in [1.165, 1.54) is 6.92 Å². The van der Waals surface area contributed by atoms with E-state index in [9.17, 15) is 14.4 Å². The maximum absolute atomic E-state index is 12.6. The normalized spacial score (nSPS) is 11.8. The largest absolute Gasteiger partial charge is 0.461 e. The zero-order valence-electron chi connectivity index (χ0n) is 17.2. The second-order valence-electron chi connectivity index (χ2n) is 6.55. The molecule has 0 spiro atoms. The summed E-state index contributed by atoms with van der Waals surface area (Å²) < 4.78 is 12.0. The highest BCUT2D eigenvalue weighted by molar-refractivity contribution is 6.01. The summed E-state index contributed by atoms with van der Waals surface area (Å²) in [6.45, 7) is 10.3. The number of aryl methyl sites for hydroxylation is 3. The standard InChI is InChI=1S/C19H26N4O5/c1-8-27-19(26)15-9(2)14(10(3)20-15)18(25)28-13(6)17(24)21-16-11(4)22-23(7)12(16)5/h13,20H,8H2,1-7H3,(H,21,24)/t13-/m0/s1. The lowest BCUT2D eigenvalue weighted by atomic mass is 10.1. The molecule has 28 heavy (non-hydrogen) atoms. The summed E-state index contributed by atoms with van der Waals surface area (Å²) in [4.78, 5) is 39.9. The summed E-state index contributed by atoms with van der Waals surface area (Å²) in [7, 11) is 1.78. The van der Waals surface area contributed by atoms with Gasteiger partial charge in [-0.15, -0.1) is 0 Å². The van der Waals surface area contributed by atoms with Crippen LogP contribution in [-0.2, 0) is 21.3 Å². The average molecular weight is 390 g/mol. The average Bonchev–Trinajstić information content (AvgIpc) is 3.04. The summed E-state index contributed by atoms with van der Waals surface area (Å²) in [6, 6.07) is 0. The molecule has 0 fully saturated rings. The molecule has 2 aromatic heterocycles. The maximum Gasteiger partial charge on any atom is 0.355 e. The second-order valence-corrected chi connectivity index (χ2v) is 6.55. The number of H-pyrrole nitrogens is 1. The number of nitrogens with one attached hydrogen (secondary N) is 2. The Hall–Kier alpha value is -3.10. The van der Waals surface area contributed by atoms with Gasteiger partial charge in [0.25, 0.3) is 5.91 Å². The van der Waals surface area contributed by atoms with Crippen LogP contribution in [0.2, 0.25) is 0 Å². The van der Waals surface area contributed by atoms with E-state index in [1.54, 1.807) is 39.4 Å². The van der Waals surface area contributed by atoms with E-state index < -0.39 is 23.9 Å². The number of nitrogens with zero attached hydrogens (tertiary/aromatic N) is 2. The number of hydrogen-bond acceptors (Lipinski definition) is 6. The van der Waals surface area contributed by atoms with Crippen LogP contribution in [0.3, 0.4) is 0 Å². The molecule has 0 bridgehead atoms. The van der Waals surface area contributed by atoms with Gasteiger partial charge in [-0.3, -0.25) is 9.48 Å². The first-order valence-corrected chi connectivity index (χ1v) is 8.96. The minimum Gasteiger partial charge on any atom is -0.461 e. The first-order chi connectivity index (χ1) is 13.1. The van der Waals surface area contributed by atoms with E-state index in [-0.39, 0.29) is 17.9 Å². The van der Waals surface area contributed by atoms with Gasteiger partial charge in [0.1, 0.15) is 5.69 Å². The van der Waals surface area contributed by atoms with Crippen molar-refractivity contribution in [1.29, 1.82) is 0 Å². The monoisotopic (exact) mass is 390 g/mol. The summed E-state index contributed by atoms with van der Waals surface area (Å²) in [6.07, 6.45) is -1.04. The van der Waals surface area contributed by atoms with Crippen LogP contribution in [0, 0.1) is 27.7 Å². The fourth-order valence-corrected chi connectivity index (χ4v) is 2.92. The number of esters is 2. The highest BCUT2D eigenvalue weighted by atomic mass is 16.5. The van der Waals surface area contributed by atoms with E-state index in [0.29, 0.717) is 22.6 Å². The fourth-order valence-electron chi connectivity index (χ4n) is 2.92. The number of carbonyl (C=O) groups is 3. The Morgan fingerprint density at radius 2 is 1.82 bits per heavy atom. The SMILES string of the molecule is CCOC(=O)c1[nH]c(C)c(C(=O)O[C@@H](C)C(=O)Nc2c(C)nn(C)c2C)c1C. The molecule has 0 radical (unpaired) electrons. The highest BCUT2D eigenvalue weighted by Gasteiger charge is 2.27. The van der Waals surface area contributed by atoms with Crippen LogP contribution in [-0.4, -0.2) is 45.3 Å². The van der Waals surface area contributed by atoms with E-state index in [1.807, 2.05) is 6.92 Å². The number of ether oxygens (including phenoxy) is 2. The predicted molar refractivity (Wildman–Crippen MR) is 102 cm³/mol. The van der Waals surface area contributed by atoms with E-state index in [0.717, 1.165) is 5.69 Å². The van der Waals surface area contributed by atoms with Gasteiger partial charge in [0, 0.05) is 12.7 Å². The van der Waals surface area contributed by atoms with Crippen molar-refractivity contribution in [2.75, 3.05) is 11.9 Å². The molecule has 2 aromatic rings. The fraction of sp³-hybridized carbons (Fsp3) is 0.474. The Labute approximate surface area is 163 Å². The molecule has 1 atom stereocenters. The molecule has 9 heteroatoms. The molecular formula is C19H26N4O5. The number of aromatic amines is 1. The number of amides is 1. The number of anilines is 1. The summed E-state index contributed by atoms with van der Waals surface area (Å²) in [5, 5.41) is 6.98. The second kappa shape index (κ2) is 8.28. The van der Waals surface area contributed by atoms with Gasteiger partial charge in [0.05, 0.1) is 29.2 Å². The molecule has 2 N–H and O–H groups in total. The van der Waals surface area contributed by atoms with Gasteiger partial charge in [0.15, 0.2) is 6.10 Å². The molecule has 0 unspecified atom stereocenters. The Bertz CT molecular complexity index is 925. The molecule has 0 aliphatic rings. The number of carbonyl (C=O) groups excluding carboxylic acids is 3. The summed E-state index contributed by atoms with van der Waals surface area (Å²) in [5.41, 5.74) is 3.36. The highest BCUT2D eigenvalue weighted by Crippen LogP contribution is 2.22. The molecule has 0 aliphatic heterocycles. The van der Waals surface area contributed by atoms with Gasteiger partial charge in [-0.1, -0.05) is 0 Å². The van der Waals surface area contributed by atoms with E-state index >= 15 is 0 Å². The van der Waals surface area contributed by atoms with Gasteiger partial charge < -0.3 is 19.8 Å². The van der Waals surface area contributed by atoms with Crippen molar-refractivity contribution >= 4 is 23.5 Å². The van der Waals surface area contributed by atoms with Gasteiger partial charge in [-0.25, -0.2) is 9.59 Å². The Kier molecular flexibility index (Phi) is 6.27. The van der Waals surface area contributed by atoms with Crippen molar-refractivity contribution in [3.05, 3.63) is 33.9 Å². The summed E-state index contributed by atoms with van der Waals surface area (Å²) in [5.74, 6) is -1.71. The quantitative estimate of drug-likeness (QED) is 0.732. The molecule has 0 aromatic carbocycles. The molecule has 0 saturated heterocycles. The topological polar surface area (TPSA) is 115 Å². The third kappa shape index (κ3) is 4.08. The predicted octanol–water partition coefficient (Wildman–Crippen LogP) is 2.34. The van der Waals surface area contributed by atoms with E-state index in [2.05, 4.69) is 15.4 Å². The first kappa shape index (κ1) is 21.2.